The van der Waals surface area contributed by atoms with E-state index in [0.29, 0.717) is 17.4 Å². The molecule has 0 spiro atoms. The van der Waals surface area contributed by atoms with Crippen molar-refractivity contribution in [3.63, 3.8) is 0 Å². The molecule has 7 heteroatoms. The third-order valence-electron chi connectivity index (χ3n) is 2.55. The molecule has 0 aliphatic carbocycles. The summed E-state index contributed by atoms with van der Waals surface area (Å²) in [5, 5.41) is 0.454. The van der Waals surface area contributed by atoms with Crippen molar-refractivity contribution >= 4 is 33.2 Å². The van der Waals surface area contributed by atoms with Gasteiger partial charge in [-0.15, -0.1) is 0 Å². The Morgan fingerprint density at radius 1 is 1.32 bits per heavy atom. The van der Waals surface area contributed by atoms with Gasteiger partial charge < -0.3 is 5.73 Å². The molecular formula is C12H18Cl2N2O2S. The van der Waals surface area contributed by atoms with E-state index in [1.165, 1.54) is 18.2 Å². The lowest BCUT2D eigenvalue weighted by Gasteiger charge is -2.19. The Morgan fingerprint density at radius 2 is 1.95 bits per heavy atom. The molecule has 1 rings (SSSR count). The predicted molar refractivity (Wildman–Crippen MR) is 79.1 cm³/mol. The third-order valence-corrected chi connectivity index (χ3v) is 4.78. The summed E-state index contributed by atoms with van der Waals surface area (Å²) < 4.78 is 27.1. The Balaban J connectivity index is 3.00. The van der Waals surface area contributed by atoms with E-state index < -0.39 is 10.0 Å². The molecule has 1 atom stereocenters. The summed E-state index contributed by atoms with van der Waals surface area (Å²) in [6.45, 7) is 4.24. The lowest BCUT2D eigenvalue weighted by atomic mass is 10.1. The van der Waals surface area contributed by atoms with Crippen LogP contribution in [0.25, 0.3) is 0 Å². The van der Waals surface area contributed by atoms with Crippen molar-refractivity contribution in [2.75, 3.05) is 6.54 Å². The van der Waals surface area contributed by atoms with Gasteiger partial charge in [0.15, 0.2) is 0 Å². The molecule has 0 radical (unpaired) electrons. The van der Waals surface area contributed by atoms with Crippen LogP contribution in [0.2, 0.25) is 10.0 Å². The molecule has 1 aromatic rings. The van der Waals surface area contributed by atoms with Gasteiger partial charge in [-0.3, -0.25) is 0 Å². The van der Waals surface area contributed by atoms with Crippen LogP contribution < -0.4 is 10.5 Å². The molecule has 4 nitrogen and oxygen atoms in total. The molecule has 0 amide bonds. The lowest BCUT2D eigenvalue weighted by molar-refractivity contribution is 0.465. The van der Waals surface area contributed by atoms with Gasteiger partial charge in [0.1, 0.15) is 4.90 Å². The highest BCUT2D eigenvalue weighted by Gasteiger charge is 2.22. The molecule has 0 aliphatic heterocycles. The molecule has 0 bridgehead atoms. The maximum atomic E-state index is 12.2. The number of hydrogen-bond donors (Lipinski definition) is 2. The van der Waals surface area contributed by atoms with Gasteiger partial charge in [0.2, 0.25) is 10.0 Å². The van der Waals surface area contributed by atoms with Gasteiger partial charge in [-0.2, -0.15) is 0 Å². The van der Waals surface area contributed by atoms with Crippen LogP contribution in [0.3, 0.4) is 0 Å². The van der Waals surface area contributed by atoms with Crippen molar-refractivity contribution in [3.05, 3.63) is 28.2 Å². The summed E-state index contributed by atoms with van der Waals surface area (Å²) in [6, 6.07) is 4.00. The number of halogens is 2. The minimum atomic E-state index is -3.72. The van der Waals surface area contributed by atoms with Crippen LogP contribution in [0.15, 0.2) is 23.1 Å². The summed E-state index contributed by atoms with van der Waals surface area (Å²) in [6.07, 6.45) is 0.661. The fourth-order valence-corrected chi connectivity index (χ4v) is 3.75. The number of nitrogens with two attached hydrogens (primary N) is 1. The van der Waals surface area contributed by atoms with E-state index in [1.54, 1.807) is 0 Å². The summed E-state index contributed by atoms with van der Waals surface area (Å²) in [4.78, 5) is -0.0242. The number of nitrogens with one attached hydrogen (secondary N) is 1. The highest BCUT2D eigenvalue weighted by atomic mass is 35.5. The fraction of sp³-hybridized carbons (Fsp3) is 0.500. The van der Waals surface area contributed by atoms with E-state index >= 15 is 0 Å². The highest BCUT2D eigenvalue weighted by Crippen LogP contribution is 2.25. The van der Waals surface area contributed by atoms with E-state index in [2.05, 4.69) is 4.72 Å². The molecule has 0 heterocycles. The highest BCUT2D eigenvalue weighted by molar-refractivity contribution is 7.89. The first kappa shape index (κ1) is 16.7. The summed E-state index contributed by atoms with van der Waals surface area (Å²) in [5.74, 6) is 0.339. The Kier molecular flexibility index (Phi) is 6.08. The molecule has 108 valence electrons. The van der Waals surface area contributed by atoms with Gasteiger partial charge in [-0.25, -0.2) is 13.1 Å². The second-order valence-corrected chi connectivity index (χ2v) is 7.28. The number of benzene rings is 1. The molecule has 0 saturated carbocycles. The smallest absolute Gasteiger partial charge is 0.242 e. The van der Waals surface area contributed by atoms with Crippen LogP contribution in [-0.2, 0) is 10.0 Å². The van der Waals surface area contributed by atoms with Crippen molar-refractivity contribution in [1.29, 1.82) is 0 Å². The molecule has 0 saturated heterocycles. The van der Waals surface area contributed by atoms with Gasteiger partial charge in [-0.05, 0) is 30.5 Å². The molecule has 0 aliphatic rings. The van der Waals surface area contributed by atoms with Crippen molar-refractivity contribution in [2.45, 2.75) is 31.2 Å². The summed E-state index contributed by atoms with van der Waals surface area (Å²) in [5.41, 5.74) is 5.59. The van der Waals surface area contributed by atoms with Crippen molar-refractivity contribution in [1.82, 2.24) is 4.72 Å². The van der Waals surface area contributed by atoms with Gasteiger partial charge >= 0.3 is 0 Å². The lowest BCUT2D eigenvalue weighted by Crippen LogP contribution is -2.41. The SMILES string of the molecule is CC(C)CC(CN)NS(=O)(=O)c1cc(Cl)ccc1Cl. The third kappa shape index (κ3) is 4.93. The Morgan fingerprint density at radius 3 is 2.47 bits per heavy atom. The van der Waals surface area contributed by atoms with Gasteiger partial charge in [0.25, 0.3) is 0 Å². The van der Waals surface area contributed by atoms with Crippen LogP contribution in [0.1, 0.15) is 20.3 Å². The normalized spacial score (nSPS) is 13.8. The first-order valence-corrected chi connectivity index (χ1v) is 8.17. The van der Waals surface area contributed by atoms with E-state index in [9.17, 15) is 8.42 Å². The van der Waals surface area contributed by atoms with E-state index in [0.717, 1.165) is 0 Å². The molecular weight excluding hydrogens is 307 g/mol. The molecule has 0 aromatic heterocycles. The molecule has 0 fully saturated rings. The largest absolute Gasteiger partial charge is 0.329 e. The Labute approximate surface area is 124 Å². The van der Waals surface area contributed by atoms with Crippen LogP contribution in [0.4, 0.5) is 0 Å². The fourth-order valence-electron chi connectivity index (χ4n) is 1.73. The van der Waals surface area contributed by atoms with Gasteiger partial charge in [-0.1, -0.05) is 37.0 Å². The average molecular weight is 325 g/mol. The molecule has 3 N–H and O–H groups in total. The van der Waals surface area contributed by atoms with Crippen LogP contribution >= 0.6 is 23.2 Å². The Hall–Kier alpha value is -0.330. The second kappa shape index (κ2) is 6.90. The molecule has 1 aromatic carbocycles. The van der Waals surface area contributed by atoms with Crippen LogP contribution in [0.5, 0.6) is 0 Å². The zero-order chi connectivity index (χ0) is 14.6. The number of hydrogen-bond acceptors (Lipinski definition) is 3. The minimum absolute atomic E-state index is 0.0242. The van der Waals surface area contributed by atoms with E-state index in [-0.39, 0.29) is 22.5 Å². The second-order valence-electron chi connectivity index (χ2n) is 4.76. The summed E-state index contributed by atoms with van der Waals surface area (Å²) >= 11 is 11.7. The summed E-state index contributed by atoms with van der Waals surface area (Å²) in [7, 11) is -3.72. The predicted octanol–water partition coefficient (Wildman–Crippen LogP) is 2.65. The van der Waals surface area contributed by atoms with E-state index in [4.69, 9.17) is 28.9 Å². The van der Waals surface area contributed by atoms with Crippen LogP contribution in [0, 0.1) is 5.92 Å². The first-order chi connectivity index (χ1) is 8.76. The monoisotopic (exact) mass is 324 g/mol. The van der Waals surface area contributed by atoms with Crippen molar-refractivity contribution < 1.29 is 8.42 Å². The van der Waals surface area contributed by atoms with Crippen molar-refractivity contribution in [3.8, 4) is 0 Å². The van der Waals surface area contributed by atoms with Gasteiger partial charge in [0, 0.05) is 17.6 Å². The first-order valence-electron chi connectivity index (χ1n) is 5.93. The van der Waals surface area contributed by atoms with Gasteiger partial charge in [0.05, 0.1) is 5.02 Å². The molecule has 19 heavy (non-hydrogen) atoms. The topological polar surface area (TPSA) is 72.2 Å². The Bertz CT molecular complexity index is 533. The average Bonchev–Trinajstić information content (AvgIpc) is 2.30. The maximum Gasteiger partial charge on any atom is 0.242 e. The van der Waals surface area contributed by atoms with Crippen molar-refractivity contribution in [2.24, 2.45) is 11.7 Å². The molecule has 1 unspecified atom stereocenters. The zero-order valence-corrected chi connectivity index (χ0v) is 13.2. The minimum Gasteiger partial charge on any atom is -0.329 e. The van der Waals surface area contributed by atoms with Crippen LogP contribution in [-0.4, -0.2) is 21.0 Å². The standard InChI is InChI=1S/C12H18Cl2N2O2S/c1-8(2)5-10(7-15)16-19(17,18)12-6-9(13)3-4-11(12)14/h3-4,6,8,10,16H,5,7,15H2,1-2H3. The number of sulfonamides is 1. The maximum absolute atomic E-state index is 12.2. The zero-order valence-electron chi connectivity index (χ0n) is 10.9. The quantitative estimate of drug-likeness (QED) is 0.844. The van der Waals surface area contributed by atoms with E-state index in [1.807, 2.05) is 13.8 Å². The number of rotatable bonds is 6.